The zero-order valence-electron chi connectivity index (χ0n) is 2.02. The van der Waals surface area contributed by atoms with Crippen molar-refractivity contribution >= 4 is 0 Å². The van der Waals surface area contributed by atoms with E-state index in [2.05, 4.69) is 11.9 Å². The Kier molecular flexibility index (Phi) is 20.9. The first-order valence-corrected chi connectivity index (χ1v) is 0.493. The second-order valence-electron chi connectivity index (χ2n) is 0.144. The van der Waals surface area contributed by atoms with Crippen LogP contribution >= 0.6 is 0 Å². The summed E-state index contributed by atoms with van der Waals surface area (Å²) in [6.07, 6.45) is 0. The van der Waals surface area contributed by atoms with E-state index in [1.54, 1.807) is 0 Å². The van der Waals surface area contributed by atoms with Gasteiger partial charge in [-0.25, -0.2) is 7.11 Å². The Morgan fingerprint density at radius 3 is 1.75 bits per heavy atom. The van der Waals surface area contributed by atoms with Crippen LogP contribution in [0.2, 0.25) is 0 Å². The van der Waals surface area contributed by atoms with Gasteiger partial charge >= 0.3 is 0 Å². The van der Waals surface area contributed by atoms with Gasteiger partial charge in [-0.15, -0.1) is 5.90 Å². The zero-order chi connectivity index (χ0) is 2.71. The van der Waals surface area contributed by atoms with E-state index in [1.165, 1.54) is 0 Å². The quantitative estimate of drug-likeness (QED) is 0.424. The van der Waals surface area contributed by atoms with Crippen molar-refractivity contribution < 1.29 is 25.9 Å². The van der Waals surface area contributed by atoms with Gasteiger partial charge in [0.25, 0.3) is 0 Å². The summed E-state index contributed by atoms with van der Waals surface area (Å²) in [6.45, 7) is 0. The second-order valence-corrected chi connectivity index (χ2v) is 0.144. The van der Waals surface area contributed by atoms with Gasteiger partial charge in [0, 0.05) is 21.1 Å². The Morgan fingerprint density at radius 2 is 1.75 bits per heavy atom. The molecule has 2 nitrogen and oxygen atoms in total. The van der Waals surface area contributed by atoms with Crippen molar-refractivity contribution in [3.05, 3.63) is 7.11 Å². The maximum atomic E-state index is 5.60. The second kappa shape index (κ2) is 9.49. The third kappa shape index (κ3) is 18.2. The van der Waals surface area contributed by atoms with Crippen LogP contribution in [0.3, 0.4) is 0 Å². The van der Waals surface area contributed by atoms with Gasteiger partial charge in [0.1, 0.15) is 0 Å². The fourth-order valence-corrected chi connectivity index (χ4v) is 0. The molecule has 3 heteroatoms. The van der Waals surface area contributed by atoms with Gasteiger partial charge < -0.3 is 4.84 Å². The van der Waals surface area contributed by atoms with E-state index in [0.29, 0.717) is 0 Å². The normalized spacial score (nSPS) is 4.50. The molecule has 0 atom stereocenters. The van der Waals surface area contributed by atoms with Crippen LogP contribution in [0.4, 0.5) is 0 Å². The fraction of sp³-hybridized carbons (Fsp3) is 0. The van der Waals surface area contributed by atoms with Crippen molar-refractivity contribution in [3.63, 3.8) is 0 Å². The smallest absolute Gasteiger partial charge is 0 e. The molecule has 0 unspecified atom stereocenters. The predicted octanol–water partition coefficient (Wildman–Crippen LogP) is -0.0100. The topological polar surface area (TPSA) is 33.0 Å². The van der Waals surface area contributed by atoms with Crippen molar-refractivity contribution in [2.75, 3.05) is 0 Å². The minimum absolute atomic E-state index is 0. The maximum absolute atomic E-state index is 5.60. The summed E-state index contributed by atoms with van der Waals surface area (Å²) in [5.74, 6) is 5.60. The Balaban J connectivity index is 0. The average molecular weight is 229 g/mol. The zero-order valence-corrected chi connectivity index (χ0v) is 4.96. The van der Waals surface area contributed by atoms with Crippen LogP contribution in [0.5, 0.6) is 0 Å². The van der Waals surface area contributed by atoms with E-state index in [9.17, 15) is 0 Å². The Morgan fingerprint density at radius 1 is 1.75 bits per heavy atom. The molecule has 0 spiro atoms. The van der Waals surface area contributed by atoms with Gasteiger partial charge in [0.2, 0.25) is 0 Å². The molecule has 0 saturated carbocycles. The third-order valence-corrected chi connectivity index (χ3v) is 0. The van der Waals surface area contributed by atoms with Gasteiger partial charge in [-0.3, -0.25) is 0 Å². The van der Waals surface area contributed by atoms with Crippen LogP contribution in [-0.2, 0) is 25.9 Å². The maximum Gasteiger partial charge on any atom is 0 e. The number of nitrogens with one attached hydrogen (secondary N) is 1. The largest absolute Gasteiger partial charge is 0.464 e. The van der Waals surface area contributed by atoms with Crippen molar-refractivity contribution in [1.82, 2.24) is 5.90 Å². The molecule has 0 aromatic carbocycles. The minimum atomic E-state index is 0. The molecule has 1 N–H and O–H groups in total. The third-order valence-electron chi connectivity index (χ3n) is 0. The Labute approximate surface area is 39.5 Å². The summed E-state index contributed by atoms with van der Waals surface area (Å²) in [7, 11) is 2.65. The van der Waals surface area contributed by atoms with E-state index < -0.39 is 0 Å². The van der Waals surface area contributed by atoms with E-state index in [4.69, 9.17) is 5.90 Å². The molecular weight excluding hydrogens is 226 g/mol. The van der Waals surface area contributed by atoms with Crippen molar-refractivity contribution in [3.8, 4) is 0 Å². The van der Waals surface area contributed by atoms with Crippen molar-refractivity contribution in [2.24, 2.45) is 0 Å². The monoisotopic (exact) mass is 229 g/mol. The molecule has 0 fully saturated rings. The van der Waals surface area contributed by atoms with Crippen LogP contribution in [0.1, 0.15) is 0 Å². The molecular formula is CH3NOW-. The molecule has 0 amide bonds. The van der Waals surface area contributed by atoms with Crippen LogP contribution in [0, 0.1) is 7.11 Å². The molecule has 0 aromatic rings. The standard InChI is InChI=1S/CH3NO.W/c1-3-2;/h2H,1H2;/q-1;. The van der Waals surface area contributed by atoms with E-state index >= 15 is 0 Å². The van der Waals surface area contributed by atoms with Crippen molar-refractivity contribution in [2.45, 2.75) is 0 Å². The molecule has 0 heterocycles. The molecule has 4 heavy (non-hydrogen) atoms. The summed E-state index contributed by atoms with van der Waals surface area (Å²) >= 11 is 0. The first kappa shape index (κ1) is 8.82. The summed E-state index contributed by atoms with van der Waals surface area (Å²) in [5.41, 5.74) is 0. The molecule has 0 rings (SSSR count). The molecule has 25 valence electrons. The molecule has 0 bridgehead atoms. The van der Waals surface area contributed by atoms with Gasteiger partial charge in [-0.05, 0) is 0 Å². The number of rotatable bonds is 0. The van der Waals surface area contributed by atoms with Gasteiger partial charge in [0.15, 0.2) is 0 Å². The molecule has 0 aliphatic heterocycles. The molecule has 1 radical (unpaired) electrons. The summed E-state index contributed by atoms with van der Waals surface area (Å²) in [5, 5.41) is 0. The van der Waals surface area contributed by atoms with Crippen molar-refractivity contribution in [1.29, 1.82) is 0 Å². The van der Waals surface area contributed by atoms with Gasteiger partial charge in [-0.2, -0.15) is 0 Å². The first-order chi connectivity index (χ1) is 1.41. The Hall–Kier alpha value is 0.608. The summed E-state index contributed by atoms with van der Waals surface area (Å²) in [4.78, 5) is 3.25. The fourth-order valence-electron chi connectivity index (χ4n) is 0. The Bertz CT molecular complexity index is 8.00. The number of hydrogen-bond acceptors (Lipinski definition) is 1. The van der Waals surface area contributed by atoms with E-state index in [0.717, 1.165) is 0 Å². The van der Waals surface area contributed by atoms with Crippen LogP contribution in [-0.4, -0.2) is 0 Å². The minimum Gasteiger partial charge on any atom is -0.464 e. The molecule has 0 aliphatic carbocycles. The van der Waals surface area contributed by atoms with Crippen LogP contribution < -0.4 is 5.90 Å². The number of hydrogen-bond donors (Lipinski definition) is 0. The average Bonchev–Trinajstić information content (AvgIpc) is 0.918. The predicted molar refractivity (Wildman–Crippen MR) is 9.54 cm³/mol. The van der Waals surface area contributed by atoms with Crippen LogP contribution in [0.25, 0.3) is 0 Å². The SMILES string of the molecule is [CH2-]O[NH].[W]. The summed E-state index contributed by atoms with van der Waals surface area (Å²) in [6, 6.07) is 0. The van der Waals surface area contributed by atoms with Gasteiger partial charge in [0.05, 0.1) is 0 Å². The van der Waals surface area contributed by atoms with Crippen LogP contribution in [0.15, 0.2) is 0 Å². The van der Waals surface area contributed by atoms with E-state index in [-0.39, 0.29) is 21.1 Å². The first-order valence-electron chi connectivity index (χ1n) is 0.493. The molecule has 0 saturated heterocycles. The summed E-state index contributed by atoms with van der Waals surface area (Å²) < 4.78 is 0. The van der Waals surface area contributed by atoms with E-state index in [1.807, 2.05) is 0 Å². The van der Waals surface area contributed by atoms with Gasteiger partial charge in [-0.1, -0.05) is 0 Å². The molecule has 0 aliphatic rings. The molecule has 0 aromatic heterocycles.